The zero-order valence-electron chi connectivity index (χ0n) is 11.9. The van der Waals surface area contributed by atoms with E-state index in [2.05, 4.69) is 20.3 Å². The Bertz CT molecular complexity index is 429. The van der Waals surface area contributed by atoms with Crippen LogP contribution >= 0.6 is 0 Å². The molecule has 2 rings (SSSR count). The lowest BCUT2D eigenvalue weighted by Gasteiger charge is -2.33. The van der Waals surface area contributed by atoms with Crippen molar-refractivity contribution in [2.45, 2.75) is 26.7 Å². The summed E-state index contributed by atoms with van der Waals surface area (Å²) in [6.45, 7) is 6.77. The molecule has 0 spiro atoms. The van der Waals surface area contributed by atoms with Gasteiger partial charge in [-0.1, -0.05) is 0 Å². The van der Waals surface area contributed by atoms with Crippen molar-refractivity contribution >= 4 is 11.6 Å². The van der Waals surface area contributed by atoms with E-state index in [1.165, 1.54) is 0 Å². The molecule has 0 atom stereocenters. The Balaban J connectivity index is 2.13. The zero-order chi connectivity index (χ0) is 13.8. The van der Waals surface area contributed by atoms with E-state index in [9.17, 15) is 0 Å². The second-order valence-electron chi connectivity index (χ2n) is 5.10. The highest BCUT2D eigenvalue weighted by atomic mass is 16.5. The molecule has 2 heterocycles. The predicted molar refractivity (Wildman–Crippen MR) is 76.1 cm³/mol. The molecule has 0 bridgehead atoms. The molecule has 0 amide bonds. The largest absolute Gasteiger partial charge is 0.384 e. The number of nitrogens with zero attached hydrogens (tertiary/aromatic N) is 3. The van der Waals surface area contributed by atoms with Gasteiger partial charge in [0, 0.05) is 32.4 Å². The number of hydrogen-bond acceptors (Lipinski definition) is 6. The second-order valence-corrected chi connectivity index (χ2v) is 5.10. The summed E-state index contributed by atoms with van der Waals surface area (Å²) in [6.07, 6.45) is 2.28. The van der Waals surface area contributed by atoms with E-state index < -0.39 is 0 Å². The number of rotatable bonds is 4. The third kappa shape index (κ3) is 3.13. The Morgan fingerprint density at radius 2 is 2.00 bits per heavy atom. The fraction of sp³-hybridized carbons (Fsp3) is 0.692. The first-order chi connectivity index (χ1) is 9.15. The Hall–Kier alpha value is -1.40. The second kappa shape index (κ2) is 6.16. The van der Waals surface area contributed by atoms with Crippen LogP contribution in [-0.4, -0.2) is 36.8 Å². The number of nitrogens with two attached hydrogens (primary N) is 1. The summed E-state index contributed by atoms with van der Waals surface area (Å²) in [5.41, 5.74) is 3.66. The van der Waals surface area contributed by atoms with Gasteiger partial charge in [0.25, 0.3) is 0 Å². The summed E-state index contributed by atoms with van der Waals surface area (Å²) < 4.78 is 5.23. The minimum Gasteiger partial charge on any atom is -0.384 e. The fourth-order valence-corrected chi connectivity index (χ4v) is 2.61. The summed E-state index contributed by atoms with van der Waals surface area (Å²) in [4.78, 5) is 11.2. The first-order valence-corrected chi connectivity index (χ1v) is 6.71. The first-order valence-electron chi connectivity index (χ1n) is 6.71. The number of piperidine rings is 1. The Morgan fingerprint density at radius 1 is 1.32 bits per heavy atom. The first kappa shape index (κ1) is 14.0. The van der Waals surface area contributed by atoms with E-state index in [1.54, 1.807) is 7.11 Å². The molecule has 3 N–H and O–H groups in total. The van der Waals surface area contributed by atoms with Gasteiger partial charge in [0.05, 0.1) is 0 Å². The molecule has 0 aliphatic carbocycles. The maximum absolute atomic E-state index is 5.50. The third-order valence-electron chi connectivity index (χ3n) is 3.69. The molecule has 1 aromatic heterocycles. The molecular formula is C13H23N5O. The Kier molecular flexibility index (Phi) is 4.55. The minimum absolute atomic E-state index is 0.664. The highest BCUT2D eigenvalue weighted by Crippen LogP contribution is 2.27. The number of aryl methyl sites for hydroxylation is 1. The minimum atomic E-state index is 0.664. The van der Waals surface area contributed by atoms with Crippen LogP contribution in [0.2, 0.25) is 0 Å². The van der Waals surface area contributed by atoms with Crippen molar-refractivity contribution < 1.29 is 4.74 Å². The normalized spacial score (nSPS) is 16.7. The molecule has 0 radical (unpaired) electrons. The number of hydrogen-bond donors (Lipinski definition) is 2. The number of nitrogens with one attached hydrogen (secondary N) is 1. The summed E-state index contributed by atoms with van der Waals surface area (Å²) in [7, 11) is 1.77. The van der Waals surface area contributed by atoms with Gasteiger partial charge < -0.3 is 15.1 Å². The summed E-state index contributed by atoms with van der Waals surface area (Å²) >= 11 is 0. The number of ether oxygens (including phenoxy) is 1. The molecule has 1 aliphatic rings. The SMILES string of the molecule is COCC1CCN(c2nc(C)nc(NN)c2C)CC1. The van der Waals surface area contributed by atoms with Gasteiger partial charge in [-0.05, 0) is 32.6 Å². The lowest BCUT2D eigenvalue weighted by Crippen LogP contribution is -2.36. The number of anilines is 2. The number of hydrazine groups is 1. The molecule has 0 saturated carbocycles. The van der Waals surface area contributed by atoms with E-state index >= 15 is 0 Å². The van der Waals surface area contributed by atoms with E-state index in [-0.39, 0.29) is 0 Å². The third-order valence-corrected chi connectivity index (χ3v) is 3.69. The van der Waals surface area contributed by atoms with Crippen LogP contribution in [0.1, 0.15) is 24.2 Å². The lowest BCUT2D eigenvalue weighted by atomic mass is 9.97. The van der Waals surface area contributed by atoms with Crippen LogP contribution in [0.4, 0.5) is 11.6 Å². The Labute approximate surface area is 114 Å². The average Bonchev–Trinajstić information content (AvgIpc) is 2.42. The van der Waals surface area contributed by atoms with Crippen molar-refractivity contribution in [1.82, 2.24) is 9.97 Å². The van der Waals surface area contributed by atoms with E-state index in [0.29, 0.717) is 11.7 Å². The fourth-order valence-electron chi connectivity index (χ4n) is 2.61. The Morgan fingerprint density at radius 3 is 2.58 bits per heavy atom. The van der Waals surface area contributed by atoms with Crippen molar-refractivity contribution in [2.75, 3.05) is 37.1 Å². The molecule has 106 valence electrons. The van der Waals surface area contributed by atoms with Crippen molar-refractivity contribution in [3.05, 3.63) is 11.4 Å². The van der Waals surface area contributed by atoms with E-state index in [4.69, 9.17) is 10.6 Å². The van der Waals surface area contributed by atoms with E-state index in [1.807, 2.05) is 13.8 Å². The number of nitrogen functional groups attached to an aromatic ring is 1. The molecular weight excluding hydrogens is 242 g/mol. The number of aromatic nitrogens is 2. The van der Waals surface area contributed by atoms with Gasteiger partial charge in [0.2, 0.25) is 0 Å². The zero-order valence-corrected chi connectivity index (χ0v) is 11.9. The summed E-state index contributed by atoms with van der Waals surface area (Å²) in [5.74, 6) is 8.62. The van der Waals surface area contributed by atoms with Gasteiger partial charge in [-0.3, -0.25) is 0 Å². The van der Waals surface area contributed by atoms with Gasteiger partial charge >= 0.3 is 0 Å². The van der Waals surface area contributed by atoms with Crippen LogP contribution in [-0.2, 0) is 4.74 Å². The van der Waals surface area contributed by atoms with Crippen LogP contribution in [0, 0.1) is 19.8 Å². The van der Waals surface area contributed by atoms with E-state index in [0.717, 1.165) is 49.7 Å². The van der Waals surface area contributed by atoms with Crippen molar-refractivity contribution in [3.63, 3.8) is 0 Å². The summed E-state index contributed by atoms with van der Waals surface area (Å²) in [5, 5.41) is 0. The standard InChI is InChI=1S/C13H23N5O/c1-9-12(17-14)15-10(2)16-13(9)18-6-4-11(5-7-18)8-19-3/h11H,4-8,14H2,1-3H3,(H,15,16,17). The van der Waals surface area contributed by atoms with Gasteiger partial charge in [0.1, 0.15) is 17.5 Å². The predicted octanol–water partition coefficient (Wildman–Crippen LogP) is 1.24. The smallest absolute Gasteiger partial charge is 0.148 e. The molecule has 1 aromatic rings. The van der Waals surface area contributed by atoms with Gasteiger partial charge in [-0.25, -0.2) is 15.8 Å². The highest BCUT2D eigenvalue weighted by Gasteiger charge is 2.22. The maximum atomic E-state index is 5.50. The molecule has 0 unspecified atom stereocenters. The van der Waals surface area contributed by atoms with Gasteiger partial charge in [-0.2, -0.15) is 0 Å². The monoisotopic (exact) mass is 265 g/mol. The maximum Gasteiger partial charge on any atom is 0.148 e. The topological polar surface area (TPSA) is 76.3 Å². The molecule has 6 nitrogen and oxygen atoms in total. The lowest BCUT2D eigenvalue weighted by molar-refractivity contribution is 0.139. The van der Waals surface area contributed by atoms with Gasteiger partial charge in [-0.15, -0.1) is 0 Å². The van der Waals surface area contributed by atoms with Crippen LogP contribution < -0.4 is 16.2 Å². The molecule has 6 heteroatoms. The molecule has 1 fully saturated rings. The van der Waals surface area contributed by atoms with Crippen LogP contribution in [0.3, 0.4) is 0 Å². The number of methoxy groups -OCH3 is 1. The van der Waals surface area contributed by atoms with Gasteiger partial charge in [0.15, 0.2) is 0 Å². The molecule has 19 heavy (non-hydrogen) atoms. The molecule has 1 saturated heterocycles. The van der Waals surface area contributed by atoms with Crippen molar-refractivity contribution in [3.8, 4) is 0 Å². The quantitative estimate of drug-likeness (QED) is 0.630. The van der Waals surface area contributed by atoms with Crippen molar-refractivity contribution in [1.29, 1.82) is 0 Å². The van der Waals surface area contributed by atoms with Crippen LogP contribution in [0.25, 0.3) is 0 Å². The van der Waals surface area contributed by atoms with Crippen LogP contribution in [0.15, 0.2) is 0 Å². The van der Waals surface area contributed by atoms with Crippen molar-refractivity contribution in [2.24, 2.45) is 11.8 Å². The molecule has 0 aromatic carbocycles. The average molecular weight is 265 g/mol. The summed E-state index contributed by atoms with van der Waals surface area (Å²) in [6, 6.07) is 0. The highest BCUT2D eigenvalue weighted by molar-refractivity contribution is 5.58. The molecule has 1 aliphatic heterocycles. The van der Waals surface area contributed by atoms with Crippen LogP contribution in [0.5, 0.6) is 0 Å².